The average molecular weight is 409 g/mol. The van der Waals surface area contributed by atoms with E-state index in [4.69, 9.17) is 4.74 Å². The maximum atomic E-state index is 12.5. The van der Waals surface area contributed by atoms with Crippen molar-refractivity contribution < 1.29 is 9.53 Å². The second kappa shape index (κ2) is 15.7. The maximum Gasteiger partial charge on any atom is 0.306 e. The van der Waals surface area contributed by atoms with E-state index in [-0.39, 0.29) is 12.1 Å². The van der Waals surface area contributed by atoms with Gasteiger partial charge in [0.2, 0.25) is 0 Å². The number of hydrogen-bond donors (Lipinski definition) is 0. The molecule has 2 aromatic carbocycles. The van der Waals surface area contributed by atoms with Gasteiger partial charge >= 0.3 is 5.97 Å². The number of benzene rings is 2. The number of hydrogen-bond acceptors (Lipinski definition) is 2. The molecule has 0 atom stereocenters. The quantitative estimate of drug-likeness (QED) is 0.206. The molecule has 0 spiro atoms. The highest BCUT2D eigenvalue weighted by Gasteiger charge is 2.18. The summed E-state index contributed by atoms with van der Waals surface area (Å²) >= 11 is 0. The third-order valence-corrected chi connectivity index (χ3v) is 5.69. The van der Waals surface area contributed by atoms with E-state index in [0.29, 0.717) is 6.42 Å². The minimum absolute atomic E-state index is 0.0974. The summed E-state index contributed by atoms with van der Waals surface area (Å²) in [4.78, 5) is 12.5. The van der Waals surface area contributed by atoms with Crippen molar-refractivity contribution in [3.8, 4) is 0 Å². The monoisotopic (exact) mass is 408 g/mol. The van der Waals surface area contributed by atoms with Crippen LogP contribution in [0.3, 0.4) is 0 Å². The van der Waals surface area contributed by atoms with Gasteiger partial charge in [0.1, 0.15) is 0 Å². The van der Waals surface area contributed by atoms with E-state index in [2.05, 4.69) is 6.92 Å². The van der Waals surface area contributed by atoms with Crippen molar-refractivity contribution in [3.05, 3.63) is 71.8 Å². The first-order chi connectivity index (χ1) is 14.8. The summed E-state index contributed by atoms with van der Waals surface area (Å²) < 4.78 is 5.88. The van der Waals surface area contributed by atoms with Crippen LogP contribution in [0.1, 0.15) is 108 Å². The third kappa shape index (κ3) is 10.1. The zero-order valence-electron chi connectivity index (χ0n) is 18.9. The molecule has 2 heteroatoms. The first-order valence-electron chi connectivity index (χ1n) is 12.1. The van der Waals surface area contributed by atoms with Crippen LogP contribution in [0.25, 0.3) is 0 Å². The van der Waals surface area contributed by atoms with Gasteiger partial charge in [-0.25, -0.2) is 0 Å². The summed E-state index contributed by atoms with van der Waals surface area (Å²) in [6.07, 6.45) is 15.8. The highest BCUT2D eigenvalue weighted by atomic mass is 16.5. The molecule has 0 bridgehead atoms. The van der Waals surface area contributed by atoms with Gasteiger partial charge in [-0.15, -0.1) is 0 Å². The predicted molar refractivity (Wildman–Crippen MR) is 127 cm³/mol. The van der Waals surface area contributed by atoms with Crippen molar-refractivity contribution in [1.29, 1.82) is 0 Å². The van der Waals surface area contributed by atoms with Gasteiger partial charge in [0.25, 0.3) is 0 Å². The van der Waals surface area contributed by atoms with E-state index in [1.54, 1.807) is 0 Å². The van der Waals surface area contributed by atoms with Crippen molar-refractivity contribution in [2.24, 2.45) is 0 Å². The standard InChI is InChI=1S/C28H40O2/c1-2-3-4-5-6-7-8-9-10-11-12-19-24-27(29)30-28(25-20-15-13-16-21-25)26-22-17-14-18-23-26/h13-18,20-23,28H,2-12,19,24H2,1H3. The fourth-order valence-corrected chi connectivity index (χ4v) is 3.88. The van der Waals surface area contributed by atoms with E-state index >= 15 is 0 Å². The number of esters is 1. The van der Waals surface area contributed by atoms with Crippen molar-refractivity contribution in [2.75, 3.05) is 0 Å². The molecule has 164 valence electrons. The van der Waals surface area contributed by atoms with Gasteiger partial charge in [-0.05, 0) is 17.5 Å². The van der Waals surface area contributed by atoms with Crippen molar-refractivity contribution in [1.82, 2.24) is 0 Å². The molecule has 0 saturated heterocycles. The molecule has 30 heavy (non-hydrogen) atoms. The smallest absolute Gasteiger partial charge is 0.306 e. The van der Waals surface area contributed by atoms with E-state index in [9.17, 15) is 4.79 Å². The van der Waals surface area contributed by atoms with Gasteiger partial charge in [-0.1, -0.05) is 138 Å². The fraction of sp³-hybridized carbons (Fsp3) is 0.536. The molecule has 0 unspecified atom stereocenters. The Morgan fingerprint density at radius 3 is 1.47 bits per heavy atom. The SMILES string of the molecule is CCCCCCCCCCCCCCC(=O)OC(c1ccccc1)c1ccccc1. The molecular formula is C28H40O2. The van der Waals surface area contributed by atoms with Crippen LogP contribution >= 0.6 is 0 Å². The lowest BCUT2D eigenvalue weighted by Crippen LogP contribution is -2.12. The number of ether oxygens (including phenoxy) is 1. The fourth-order valence-electron chi connectivity index (χ4n) is 3.88. The Morgan fingerprint density at radius 2 is 1.03 bits per heavy atom. The molecule has 0 fully saturated rings. The zero-order chi connectivity index (χ0) is 21.3. The Bertz CT molecular complexity index is 626. The summed E-state index contributed by atoms with van der Waals surface area (Å²) in [6, 6.07) is 20.0. The van der Waals surface area contributed by atoms with Crippen LogP contribution in [0.2, 0.25) is 0 Å². The van der Waals surface area contributed by atoms with E-state index in [1.165, 1.54) is 64.2 Å². The van der Waals surface area contributed by atoms with Crippen LogP contribution in [0.4, 0.5) is 0 Å². The highest BCUT2D eigenvalue weighted by Crippen LogP contribution is 2.26. The second-order valence-electron chi connectivity index (χ2n) is 8.33. The molecule has 0 N–H and O–H groups in total. The van der Waals surface area contributed by atoms with Crippen LogP contribution in [0, 0.1) is 0 Å². The Kier molecular flexibility index (Phi) is 12.7. The highest BCUT2D eigenvalue weighted by molar-refractivity contribution is 5.70. The minimum Gasteiger partial charge on any atom is -0.453 e. The van der Waals surface area contributed by atoms with Crippen molar-refractivity contribution >= 4 is 5.97 Å². The molecular weight excluding hydrogens is 368 g/mol. The number of carbonyl (C=O) groups is 1. The molecule has 0 aliphatic carbocycles. The van der Waals surface area contributed by atoms with Crippen LogP contribution in [0.15, 0.2) is 60.7 Å². The lowest BCUT2D eigenvalue weighted by molar-refractivity contribution is -0.147. The van der Waals surface area contributed by atoms with Crippen molar-refractivity contribution in [2.45, 2.75) is 96.5 Å². The molecule has 2 nitrogen and oxygen atoms in total. The van der Waals surface area contributed by atoms with E-state index in [0.717, 1.165) is 24.0 Å². The van der Waals surface area contributed by atoms with E-state index in [1.807, 2.05) is 60.7 Å². The summed E-state index contributed by atoms with van der Waals surface area (Å²) in [5.41, 5.74) is 2.04. The van der Waals surface area contributed by atoms with Gasteiger partial charge in [0.05, 0.1) is 0 Å². The van der Waals surface area contributed by atoms with Gasteiger partial charge < -0.3 is 4.74 Å². The Morgan fingerprint density at radius 1 is 0.633 bits per heavy atom. The summed E-state index contributed by atoms with van der Waals surface area (Å²) in [7, 11) is 0. The third-order valence-electron chi connectivity index (χ3n) is 5.69. The van der Waals surface area contributed by atoms with Crippen LogP contribution < -0.4 is 0 Å². The lowest BCUT2D eigenvalue weighted by atomic mass is 10.0. The molecule has 0 aliphatic rings. The van der Waals surface area contributed by atoms with Crippen LogP contribution in [-0.2, 0) is 9.53 Å². The van der Waals surface area contributed by atoms with Crippen LogP contribution in [-0.4, -0.2) is 5.97 Å². The first-order valence-corrected chi connectivity index (χ1v) is 12.1. The first kappa shape index (κ1) is 24.2. The van der Waals surface area contributed by atoms with Crippen molar-refractivity contribution in [3.63, 3.8) is 0 Å². The maximum absolute atomic E-state index is 12.5. The normalized spacial score (nSPS) is 11.0. The molecule has 0 radical (unpaired) electrons. The molecule has 2 rings (SSSR count). The Labute approximate surface area is 184 Å². The van der Waals surface area contributed by atoms with E-state index < -0.39 is 0 Å². The summed E-state index contributed by atoms with van der Waals surface area (Å²) in [5.74, 6) is -0.0974. The number of unbranched alkanes of at least 4 members (excludes halogenated alkanes) is 11. The molecule has 0 saturated carbocycles. The predicted octanol–water partition coefficient (Wildman–Crippen LogP) is 8.41. The number of carbonyl (C=O) groups excluding carboxylic acids is 1. The molecule has 0 aliphatic heterocycles. The number of rotatable bonds is 16. The van der Waals surface area contributed by atoms with Gasteiger partial charge in [-0.2, -0.15) is 0 Å². The van der Waals surface area contributed by atoms with Gasteiger partial charge in [0, 0.05) is 6.42 Å². The Balaban J connectivity index is 1.60. The average Bonchev–Trinajstić information content (AvgIpc) is 2.79. The zero-order valence-corrected chi connectivity index (χ0v) is 18.9. The minimum atomic E-state index is -0.322. The largest absolute Gasteiger partial charge is 0.453 e. The molecule has 2 aromatic rings. The topological polar surface area (TPSA) is 26.3 Å². The summed E-state index contributed by atoms with van der Waals surface area (Å²) in [5, 5.41) is 0. The molecule has 0 heterocycles. The lowest BCUT2D eigenvalue weighted by Gasteiger charge is -2.19. The van der Waals surface area contributed by atoms with Gasteiger partial charge in [0.15, 0.2) is 6.10 Å². The van der Waals surface area contributed by atoms with Gasteiger partial charge in [-0.3, -0.25) is 4.79 Å². The molecule has 0 amide bonds. The Hall–Kier alpha value is -2.09. The summed E-state index contributed by atoms with van der Waals surface area (Å²) in [6.45, 7) is 2.27. The second-order valence-corrected chi connectivity index (χ2v) is 8.33. The van der Waals surface area contributed by atoms with Crippen LogP contribution in [0.5, 0.6) is 0 Å². The molecule has 0 aromatic heterocycles.